The van der Waals surface area contributed by atoms with Gasteiger partial charge in [0.15, 0.2) is 0 Å². The minimum absolute atomic E-state index is 0.0301. The zero-order chi connectivity index (χ0) is 29.3. The molecule has 1 fully saturated rings. The van der Waals surface area contributed by atoms with Crippen molar-refractivity contribution < 1.29 is 28.7 Å². The van der Waals surface area contributed by atoms with Gasteiger partial charge in [-0.1, -0.05) is 25.0 Å². The summed E-state index contributed by atoms with van der Waals surface area (Å²) in [5.74, 6) is -0.213. The number of unbranched alkanes of at least 4 members (excludes halogenated alkanes) is 1. The van der Waals surface area contributed by atoms with E-state index in [-0.39, 0.29) is 30.4 Å². The highest BCUT2D eigenvalue weighted by molar-refractivity contribution is 5.82. The molecule has 3 N–H and O–H groups in total. The maximum atomic E-state index is 11.5. The summed E-state index contributed by atoms with van der Waals surface area (Å²) in [5.41, 5.74) is 1.06. The fraction of sp³-hybridized carbons (Fsp3) is 0.786. The van der Waals surface area contributed by atoms with E-state index in [4.69, 9.17) is 4.74 Å². The van der Waals surface area contributed by atoms with Crippen LogP contribution in [0.25, 0.3) is 0 Å². The molecule has 218 valence electrons. The lowest BCUT2D eigenvalue weighted by Gasteiger charge is -2.20. The Bertz CT molecular complexity index is 632. The molecular formula is C28H55N3O6. The highest BCUT2D eigenvalue weighted by atomic mass is 16.6. The molecule has 1 rings (SSSR count). The number of rotatable bonds is 11. The van der Waals surface area contributed by atoms with Gasteiger partial charge in [-0.15, -0.1) is 0 Å². The quantitative estimate of drug-likeness (QED) is 0.194. The molecule has 0 spiro atoms. The average Bonchev–Trinajstić information content (AvgIpc) is 2.74. The van der Waals surface area contributed by atoms with Crippen LogP contribution in [0.2, 0.25) is 0 Å². The highest BCUT2D eigenvalue weighted by Gasteiger charge is 2.17. The number of ketones is 1. The summed E-state index contributed by atoms with van der Waals surface area (Å²) < 4.78 is 9.36. The van der Waals surface area contributed by atoms with Crippen LogP contribution in [0, 0.1) is 0 Å². The van der Waals surface area contributed by atoms with E-state index in [1.807, 2.05) is 14.0 Å². The second kappa shape index (κ2) is 25.2. The minimum Gasteiger partial charge on any atom is -0.465 e. The van der Waals surface area contributed by atoms with Crippen molar-refractivity contribution in [3.05, 3.63) is 11.6 Å². The standard InChI is InChI=1S/C13H24N2O4.C6H10.C5H13N.C4H8O2/c1-9(6-7-10(2)16)15-11(17)8-14-12(18)19-13(3,4)5;1-2-6-4-3-5-6;1-3-4-5-6-2;1-4(2)6-3-5/h9H,6-8H2,1-5H3,(H,14,18)(H,15,17);2H,3-5H2,1H3;6H,3-5H2,1-2H3;3-4H,1-2H3. The van der Waals surface area contributed by atoms with Gasteiger partial charge in [0.05, 0.1) is 6.10 Å². The fourth-order valence-corrected chi connectivity index (χ4v) is 2.42. The third-order valence-corrected chi connectivity index (χ3v) is 4.64. The van der Waals surface area contributed by atoms with Crippen molar-refractivity contribution in [3.8, 4) is 0 Å². The number of allylic oxidation sites excluding steroid dienone is 2. The summed E-state index contributed by atoms with van der Waals surface area (Å²) in [6.07, 6.45) is 9.42. The fourth-order valence-electron chi connectivity index (χ4n) is 2.42. The molecule has 0 aliphatic heterocycles. The minimum atomic E-state index is -0.626. The van der Waals surface area contributed by atoms with Gasteiger partial charge >= 0.3 is 6.09 Å². The normalized spacial score (nSPS) is 12.5. The molecule has 2 amide bonds. The molecule has 0 bridgehead atoms. The third kappa shape index (κ3) is 35.8. The molecule has 0 saturated heterocycles. The van der Waals surface area contributed by atoms with Crippen LogP contribution in [0.15, 0.2) is 11.6 Å². The monoisotopic (exact) mass is 529 g/mol. The maximum absolute atomic E-state index is 11.5. The van der Waals surface area contributed by atoms with Crippen LogP contribution in [0.3, 0.4) is 0 Å². The van der Waals surface area contributed by atoms with E-state index in [0.29, 0.717) is 19.3 Å². The van der Waals surface area contributed by atoms with Crippen molar-refractivity contribution in [2.45, 2.75) is 125 Å². The molecule has 0 aromatic heterocycles. The smallest absolute Gasteiger partial charge is 0.408 e. The van der Waals surface area contributed by atoms with E-state index in [0.717, 1.165) is 6.54 Å². The molecule has 1 saturated carbocycles. The number of hydrogen-bond acceptors (Lipinski definition) is 7. The summed E-state index contributed by atoms with van der Waals surface area (Å²) in [6, 6.07) is -0.100. The number of carbonyl (C=O) groups is 4. The van der Waals surface area contributed by atoms with Crippen molar-refractivity contribution in [2.75, 3.05) is 20.1 Å². The summed E-state index contributed by atoms with van der Waals surface area (Å²) in [6.45, 7) is 17.9. The molecule has 0 aromatic rings. The first-order valence-electron chi connectivity index (χ1n) is 13.4. The molecule has 1 atom stereocenters. The van der Waals surface area contributed by atoms with Gasteiger partial charge in [-0.3, -0.25) is 9.59 Å². The zero-order valence-electron chi connectivity index (χ0n) is 25.1. The van der Waals surface area contributed by atoms with Crippen LogP contribution in [0.5, 0.6) is 0 Å². The Morgan fingerprint density at radius 3 is 1.97 bits per heavy atom. The Hall–Kier alpha value is -2.42. The van der Waals surface area contributed by atoms with Crippen molar-refractivity contribution in [1.29, 1.82) is 0 Å². The van der Waals surface area contributed by atoms with Crippen LogP contribution < -0.4 is 16.0 Å². The van der Waals surface area contributed by atoms with Crippen LogP contribution >= 0.6 is 0 Å². The summed E-state index contributed by atoms with van der Waals surface area (Å²) in [5, 5.41) is 8.13. The lowest BCUT2D eigenvalue weighted by Crippen LogP contribution is -2.42. The van der Waals surface area contributed by atoms with E-state index in [2.05, 4.69) is 40.6 Å². The van der Waals surface area contributed by atoms with Crippen molar-refractivity contribution in [1.82, 2.24) is 16.0 Å². The molecule has 1 aliphatic rings. The number of nitrogens with one attached hydrogen (secondary N) is 3. The van der Waals surface area contributed by atoms with Gasteiger partial charge in [-0.25, -0.2) is 4.79 Å². The molecule has 9 heteroatoms. The van der Waals surface area contributed by atoms with Crippen molar-refractivity contribution in [2.24, 2.45) is 0 Å². The number of hydrogen-bond donors (Lipinski definition) is 3. The van der Waals surface area contributed by atoms with Gasteiger partial charge in [0.2, 0.25) is 5.91 Å². The van der Waals surface area contributed by atoms with E-state index in [1.54, 1.807) is 40.2 Å². The van der Waals surface area contributed by atoms with Crippen molar-refractivity contribution >= 4 is 24.3 Å². The van der Waals surface area contributed by atoms with Crippen LogP contribution in [0.4, 0.5) is 4.79 Å². The molecular weight excluding hydrogens is 474 g/mol. The Morgan fingerprint density at radius 1 is 1.11 bits per heavy atom. The number of Topliss-reactive ketones (excluding diaryl/α,β-unsaturated/α-hetero) is 1. The highest BCUT2D eigenvalue weighted by Crippen LogP contribution is 2.24. The Balaban J connectivity index is -0.000000515. The number of carbonyl (C=O) groups excluding carboxylic acids is 4. The van der Waals surface area contributed by atoms with Crippen LogP contribution in [-0.4, -0.2) is 62.1 Å². The average molecular weight is 530 g/mol. The van der Waals surface area contributed by atoms with Crippen LogP contribution in [-0.2, 0) is 23.9 Å². The Labute approximate surface area is 225 Å². The first-order valence-corrected chi connectivity index (χ1v) is 13.4. The largest absolute Gasteiger partial charge is 0.465 e. The predicted octanol–water partition coefficient (Wildman–Crippen LogP) is 5.08. The van der Waals surface area contributed by atoms with E-state index in [1.165, 1.54) is 39.0 Å². The first kappa shape index (κ1) is 39.1. The van der Waals surface area contributed by atoms with E-state index < -0.39 is 11.7 Å². The molecule has 0 heterocycles. The third-order valence-electron chi connectivity index (χ3n) is 4.64. The van der Waals surface area contributed by atoms with Gasteiger partial charge in [0.1, 0.15) is 17.9 Å². The number of ether oxygens (including phenoxy) is 2. The topological polar surface area (TPSA) is 123 Å². The lowest BCUT2D eigenvalue weighted by atomic mass is 9.93. The Kier molecular flexibility index (Phi) is 26.7. The SMILES string of the molecule is CC(=O)CCC(C)NC(=O)CNC(=O)OC(C)(C)C.CC(C)OC=O.CC=C1CCC1.CCCCNC. The van der Waals surface area contributed by atoms with Gasteiger partial charge in [-0.05, 0) is 101 Å². The number of amides is 2. The maximum Gasteiger partial charge on any atom is 0.408 e. The van der Waals surface area contributed by atoms with Gasteiger partial charge in [0, 0.05) is 12.5 Å². The second-order valence-corrected chi connectivity index (χ2v) is 10.1. The van der Waals surface area contributed by atoms with Gasteiger partial charge in [0.25, 0.3) is 6.47 Å². The van der Waals surface area contributed by atoms with E-state index in [9.17, 15) is 19.2 Å². The molecule has 37 heavy (non-hydrogen) atoms. The summed E-state index contributed by atoms with van der Waals surface area (Å²) in [4.78, 5) is 43.0. The molecule has 1 aliphatic carbocycles. The zero-order valence-corrected chi connectivity index (χ0v) is 25.1. The predicted molar refractivity (Wildman–Crippen MR) is 150 cm³/mol. The summed E-state index contributed by atoms with van der Waals surface area (Å²) in [7, 11) is 1.98. The second-order valence-electron chi connectivity index (χ2n) is 10.1. The summed E-state index contributed by atoms with van der Waals surface area (Å²) >= 11 is 0. The van der Waals surface area contributed by atoms with Crippen LogP contribution in [0.1, 0.15) is 107 Å². The first-order chi connectivity index (χ1) is 17.2. The molecule has 0 radical (unpaired) electrons. The molecule has 0 aromatic carbocycles. The number of alkyl carbamates (subject to hydrolysis) is 1. The van der Waals surface area contributed by atoms with Crippen molar-refractivity contribution in [3.63, 3.8) is 0 Å². The van der Waals surface area contributed by atoms with Gasteiger partial charge < -0.3 is 30.2 Å². The van der Waals surface area contributed by atoms with E-state index >= 15 is 0 Å². The molecule has 9 nitrogen and oxygen atoms in total. The van der Waals surface area contributed by atoms with Gasteiger partial charge in [-0.2, -0.15) is 0 Å². The molecule has 1 unspecified atom stereocenters. The lowest BCUT2D eigenvalue weighted by molar-refractivity contribution is -0.132. The Morgan fingerprint density at radius 2 is 1.70 bits per heavy atom.